The normalized spacial score (nSPS) is 30.1. The van der Waals surface area contributed by atoms with E-state index in [1.807, 2.05) is 30.0 Å². The molecule has 0 aliphatic carbocycles. The molecule has 2 heterocycles. The topological polar surface area (TPSA) is 41.6 Å². The highest BCUT2D eigenvalue weighted by Crippen LogP contribution is 2.26. The molecular formula is C17H24N2O2. The molecule has 3 rings (SSSR count). The number of amides is 1. The van der Waals surface area contributed by atoms with E-state index in [0.717, 1.165) is 24.9 Å². The number of hydrogen-bond acceptors (Lipinski definition) is 3. The molecule has 3 atom stereocenters. The monoisotopic (exact) mass is 288 g/mol. The van der Waals surface area contributed by atoms with Crippen molar-refractivity contribution in [1.82, 2.24) is 10.2 Å². The molecule has 4 heteroatoms. The maximum Gasteiger partial charge on any atom is 0.239 e. The van der Waals surface area contributed by atoms with E-state index in [-0.39, 0.29) is 24.2 Å². The molecule has 1 aromatic carbocycles. The Morgan fingerprint density at radius 3 is 2.76 bits per heavy atom. The van der Waals surface area contributed by atoms with E-state index in [1.165, 1.54) is 6.42 Å². The first-order valence-corrected chi connectivity index (χ1v) is 7.96. The summed E-state index contributed by atoms with van der Waals surface area (Å²) in [5.41, 5.74) is 1.15. The summed E-state index contributed by atoms with van der Waals surface area (Å²) in [6.07, 6.45) is 3.35. The lowest BCUT2D eigenvalue weighted by molar-refractivity contribution is -0.147. The van der Waals surface area contributed by atoms with E-state index in [1.54, 1.807) is 0 Å². The fourth-order valence-electron chi connectivity index (χ4n) is 3.27. The first-order chi connectivity index (χ1) is 10.2. The quantitative estimate of drug-likeness (QED) is 0.906. The Kier molecular flexibility index (Phi) is 4.56. The second-order valence-corrected chi connectivity index (χ2v) is 6.09. The van der Waals surface area contributed by atoms with Crippen LogP contribution >= 0.6 is 0 Å². The number of rotatable bonds is 2. The van der Waals surface area contributed by atoms with Gasteiger partial charge in [-0.15, -0.1) is 0 Å². The third-order valence-electron chi connectivity index (χ3n) is 4.35. The van der Waals surface area contributed by atoms with Crippen LogP contribution in [-0.2, 0) is 9.53 Å². The van der Waals surface area contributed by atoms with Gasteiger partial charge in [0, 0.05) is 6.54 Å². The largest absolute Gasteiger partial charge is 0.367 e. The molecule has 0 aromatic heterocycles. The van der Waals surface area contributed by atoms with Crippen LogP contribution in [0.4, 0.5) is 0 Å². The summed E-state index contributed by atoms with van der Waals surface area (Å²) in [7, 11) is 0. The van der Waals surface area contributed by atoms with Crippen molar-refractivity contribution in [2.45, 2.75) is 44.4 Å². The minimum absolute atomic E-state index is 0.000438. The summed E-state index contributed by atoms with van der Waals surface area (Å²) in [6, 6.07) is 10.2. The third kappa shape index (κ3) is 3.44. The zero-order chi connectivity index (χ0) is 14.7. The van der Waals surface area contributed by atoms with Gasteiger partial charge in [0.1, 0.15) is 6.10 Å². The van der Waals surface area contributed by atoms with Gasteiger partial charge >= 0.3 is 0 Å². The van der Waals surface area contributed by atoms with Crippen LogP contribution in [0.3, 0.4) is 0 Å². The Hall–Kier alpha value is -1.39. The predicted octanol–water partition coefficient (Wildman–Crippen LogP) is 2.12. The first-order valence-electron chi connectivity index (χ1n) is 7.96. The van der Waals surface area contributed by atoms with Gasteiger partial charge in [-0.25, -0.2) is 0 Å². The average Bonchev–Trinajstić information content (AvgIpc) is 2.55. The van der Waals surface area contributed by atoms with Gasteiger partial charge in [-0.05, 0) is 31.9 Å². The smallest absolute Gasteiger partial charge is 0.239 e. The number of piperidine rings is 1. The molecule has 114 valence electrons. The van der Waals surface area contributed by atoms with Gasteiger partial charge in [-0.1, -0.05) is 36.8 Å². The van der Waals surface area contributed by atoms with Gasteiger partial charge in [-0.2, -0.15) is 0 Å². The fraction of sp³-hybridized carbons (Fsp3) is 0.588. The lowest BCUT2D eigenvalue weighted by Crippen LogP contribution is -2.53. The van der Waals surface area contributed by atoms with E-state index in [0.29, 0.717) is 13.1 Å². The van der Waals surface area contributed by atoms with Crippen molar-refractivity contribution >= 4 is 5.91 Å². The Bertz CT molecular complexity index is 471. The molecule has 0 saturated carbocycles. The van der Waals surface area contributed by atoms with E-state index >= 15 is 0 Å². The molecular weight excluding hydrogens is 264 g/mol. The van der Waals surface area contributed by atoms with E-state index in [9.17, 15) is 4.79 Å². The molecule has 2 aliphatic rings. The molecule has 2 saturated heterocycles. The molecule has 1 N–H and O–H groups in total. The van der Waals surface area contributed by atoms with Crippen molar-refractivity contribution in [1.29, 1.82) is 0 Å². The number of carbonyl (C=O) groups excluding carboxylic acids is 1. The van der Waals surface area contributed by atoms with Crippen LogP contribution in [0.1, 0.15) is 37.9 Å². The highest BCUT2D eigenvalue weighted by molar-refractivity contribution is 5.82. The van der Waals surface area contributed by atoms with Crippen LogP contribution in [0.15, 0.2) is 30.3 Å². The minimum Gasteiger partial charge on any atom is -0.367 e. The Balaban J connectivity index is 1.69. The van der Waals surface area contributed by atoms with Gasteiger partial charge in [0.15, 0.2) is 0 Å². The van der Waals surface area contributed by atoms with Crippen molar-refractivity contribution in [2.75, 3.05) is 19.6 Å². The van der Waals surface area contributed by atoms with Gasteiger partial charge in [-0.3, -0.25) is 4.79 Å². The van der Waals surface area contributed by atoms with Crippen LogP contribution < -0.4 is 5.32 Å². The van der Waals surface area contributed by atoms with Crippen molar-refractivity contribution < 1.29 is 9.53 Å². The SMILES string of the molecule is CC1CN(C(=O)C2CCCCN2)CC(c2ccccc2)O1. The number of benzene rings is 1. The maximum absolute atomic E-state index is 12.7. The summed E-state index contributed by atoms with van der Waals surface area (Å²) in [5.74, 6) is 0.241. The van der Waals surface area contributed by atoms with Crippen LogP contribution in [0.2, 0.25) is 0 Å². The summed E-state index contributed by atoms with van der Waals surface area (Å²) < 4.78 is 6.03. The molecule has 2 fully saturated rings. The third-order valence-corrected chi connectivity index (χ3v) is 4.35. The van der Waals surface area contributed by atoms with Crippen LogP contribution in [0.25, 0.3) is 0 Å². The van der Waals surface area contributed by atoms with E-state index in [4.69, 9.17) is 4.74 Å². The summed E-state index contributed by atoms with van der Waals surface area (Å²) in [5, 5.41) is 3.35. The Labute approximate surface area is 126 Å². The standard InChI is InChI=1S/C17H24N2O2/c1-13-11-19(17(20)15-9-5-6-10-18-15)12-16(21-13)14-7-3-2-4-8-14/h2-4,7-8,13,15-16,18H,5-6,9-12H2,1H3. The lowest BCUT2D eigenvalue weighted by atomic mass is 10.0. The molecule has 0 spiro atoms. The second-order valence-electron chi connectivity index (χ2n) is 6.09. The zero-order valence-electron chi connectivity index (χ0n) is 12.6. The van der Waals surface area contributed by atoms with Crippen molar-refractivity contribution in [3.63, 3.8) is 0 Å². The molecule has 1 aromatic rings. The predicted molar refractivity (Wildman–Crippen MR) is 82.0 cm³/mol. The van der Waals surface area contributed by atoms with Crippen LogP contribution in [0.5, 0.6) is 0 Å². The highest BCUT2D eigenvalue weighted by Gasteiger charge is 2.33. The van der Waals surface area contributed by atoms with Crippen molar-refractivity contribution in [2.24, 2.45) is 0 Å². The first kappa shape index (κ1) is 14.5. The Morgan fingerprint density at radius 2 is 2.05 bits per heavy atom. The summed E-state index contributed by atoms with van der Waals surface area (Å²) in [6.45, 7) is 4.35. The summed E-state index contributed by atoms with van der Waals surface area (Å²) >= 11 is 0. The molecule has 1 amide bonds. The van der Waals surface area contributed by atoms with Gasteiger partial charge < -0.3 is 15.0 Å². The number of morpholine rings is 1. The fourth-order valence-corrected chi connectivity index (χ4v) is 3.27. The molecule has 0 bridgehead atoms. The van der Waals surface area contributed by atoms with Crippen molar-refractivity contribution in [3.05, 3.63) is 35.9 Å². The minimum atomic E-state index is -0.0116. The number of nitrogens with one attached hydrogen (secondary N) is 1. The number of ether oxygens (including phenoxy) is 1. The molecule has 0 radical (unpaired) electrons. The van der Waals surface area contributed by atoms with Gasteiger partial charge in [0.05, 0.1) is 18.7 Å². The second kappa shape index (κ2) is 6.58. The van der Waals surface area contributed by atoms with Crippen molar-refractivity contribution in [3.8, 4) is 0 Å². The number of carbonyl (C=O) groups is 1. The van der Waals surface area contributed by atoms with Gasteiger partial charge in [0.25, 0.3) is 0 Å². The molecule has 4 nitrogen and oxygen atoms in total. The average molecular weight is 288 g/mol. The van der Waals surface area contributed by atoms with E-state index < -0.39 is 0 Å². The highest BCUT2D eigenvalue weighted by atomic mass is 16.5. The Morgan fingerprint density at radius 1 is 1.24 bits per heavy atom. The lowest BCUT2D eigenvalue weighted by Gasteiger charge is -2.39. The molecule has 21 heavy (non-hydrogen) atoms. The van der Waals surface area contributed by atoms with Gasteiger partial charge in [0.2, 0.25) is 5.91 Å². The molecule has 3 unspecified atom stereocenters. The zero-order valence-corrected chi connectivity index (χ0v) is 12.6. The van der Waals surface area contributed by atoms with Crippen LogP contribution in [0, 0.1) is 0 Å². The van der Waals surface area contributed by atoms with Crippen LogP contribution in [-0.4, -0.2) is 42.6 Å². The number of hydrogen-bond donors (Lipinski definition) is 1. The summed E-state index contributed by atoms with van der Waals surface area (Å²) in [4.78, 5) is 14.7. The number of nitrogens with zero attached hydrogens (tertiary/aromatic N) is 1. The molecule has 2 aliphatic heterocycles. The maximum atomic E-state index is 12.7. The van der Waals surface area contributed by atoms with E-state index in [2.05, 4.69) is 17.4 Å².